The SMILES string of the molecule is CC1(C)C2CN(C(=O)C(=O)NN)CC21. The lowest BCUT2D eigenvalue weighted by Crippen LogP contribution is -2.45. The summed E-state index contributed by atoms with van der Waals surface area (Å²) in [6, 6.07) is 0. The minimum absolute atomic E-state index is 0.357. The van der Waals surface area contributed by atoms with E-state index in [-0.39, 0.29) is 0 Å². The van der Waals surface area contributed by atoms with Crippen LogP contribution in [0.25, 0.3) is 0 Å². The van der Waals surface area contributed by atoms with Crippen LogP contribution in [0.15, 0.2) is 0 Å². The fourth-order valence-electron chi connectivity index (χ4n) is 2.50. The van der Waals surface area contributed by atoms with Gasteiger partial charge in [-0.3, -0.25) is 15.0 Å². The number of hydrogen-bond donors (Lipinski definition) is 2. The molecule has 0 spiro atoms. The average Bonchev–Trinajstić information content (AvgIpc) is 2.60. The molecule has 5 nitrogen and oxygen atoms in total. The fourth-order valence-corrected chi connectivity index (χ4v) is 2.50. The normalized spacial score (nSPS) is 32.4. The van der Waals surface area contributed by atoms with Gasteiger partial charge in [-0.1, -0.05) is 13.8 Å². The molecule has 2 unspecified atom stereocenters. The van der Waals surface area contributed by atoms with Gasteiger partial charge in [-0.2, -0.15) is 0 Å². The summed E-state index contributed by atoms with van der Waals surface area (Å²) in [5.74, 6) is 4.80. The van der Waals surface area contributed by atoms with Gasteiger partial charge in [0.2, 0.25) is 0 Å². The van der Waals surface area contributed by atoms with Crippen molar-refractivity contribution in [2.75, 3.05) is 13.1 Å². The summed E-state index contributed by atoms with van der Waals surface area (Å²) in [6.45, 7) is 5.80. The van der Waals surface area contributed by atoms with E-state index in [0.29, 0.717) is 30.3 Å². The zero-order chi connectivity index (χ0) is 10.5. The average molecular weight is 197 g/mol. The molecule has 0 radical (unpaired) electrons. The first-order valence-electron chi connectivity index (χ1n) is 4.78. The van der Waals surface area contributed by atoms with Gasteiger partial charge in [0.25, 0.3) is 0 Å². The second-order valence-electron chi connectivity index (χ2n) is 4.72. The maximum atomic E-state index is 11.4. The Balaban J connectivity index is 1.94. The van der Waals surface area contributed by atoms with Crippen molar-refractivity contribution >= 4 is 11.8 Å². The smallest absolute Gasteiger partial charge is 0.323 e. The lowest BCUT2D eigenvalue weighted by molar-refractivity contribution is -0.145. The Kier molecular flexibility index (Phi) is 1.82. The van der Waals surface area contributed by atoms with Crippen LogP contribution in [0.3, 0.4) is 0 Å². The van der Waals surface area contributed by atoms with Crippen molar-refractivity contribution in [3.8, 4) is 0 Å². The van der Waals surface area contributed by atoms with Gasteiger partial charge in [-0.25, -0.2) is 5.84 Å². The molecule has 1 saturated carbocycles. The number of nitrogens with two attached hydrogens (primary N) is 1. The third kappa shape index (κ3) is 1.12. The molecule has 0 bridgehead atoms. The molecule has 78 valence electrons. The number of likely N-dealkylation sites (tertiary alicyclic amines) is 1. The van der Waals surface area contributed by atoms with E-state index in [1.807, 2.05) is 5.43 Å². The van der Waals surface area contributed by atoms with Crippen molar-refractivity contribution in [3.05, 3.63) is 0 Å². The van der Waals surface area contributed by atoms with Crippen LogP contribution in [0.5, 0.6) is 0 Å². The molecule has 2 amide bonds. The minimum atomic E-state index is -0.718. The molecular formula is C9H15N3O2. The van der Waals surface area contributed by atoms with Crippen molar-refractivity contribution < 1.29 is 9.59 Å². The highest BCUT2D eigenvalue weighted by Crippen LogP contribution is 2.61. The molecule has 1 aliphatic carbocycles. The summed E-state index contributed by atoms with van der Waals surface area (Å²) >= 11 is 0. The van der Waals surface area contributed by atoms with E-state index in [2.05, 4.69) is 13.8 Å². The van der Waals surface area contributed by atoms with E-state index in [1.54, 1.807) is 4.90 Å². The van der Waals surface area contributed by atoms with E-state index in [9.17, 15) is 9.59 Å². The number of carbonyl (C=O) groups is 2. The van der Waals surface area contributed by atoms with Crippen molar-refractivity contribution in [1.82, 2.24) is 10.3 Å². The summed E-state index contributed by atoms with van der Waals surface area (Å²) in [7, 11) is 0. The van der Waals surface area contributed by atoms with Gasteiger partial charge in [0, 0.05) is 13.1 Å². The molecule has 0 aromatic heterocycles. The quantitative estimate of drug-likeness (QED) is 0.228. The Hall–Kier alpha value is -1.10. The van der Waals surface area contributed by atoms with Crippen LogP contribution in [0, 0.1) is 17.3 Å². The van der Waals surface area contributed by atoms with Gasteiger partial charge in [0.1, 0.15) is 0 Å². The van der Waals surface area contributed by atoms with E-state index >= 15 is 0 Å². The number of fused-ring (bicyclic) bond motifs is 1. The molecule has 14 heavy (non-hydrogen) atoms. The number of nitrogens with zero attached hydrogens (tertiary/aromatic N) is 1. The number of hydrazine groups is 1. The van der Waals surface area contributed by atoms with Crippen molar-refractivity contribution in [3.63, 3.8) is 0 Å². The highest BCUT2D eigenvalue weighted by molar-refractivity contribution is 6.34. The van der Waals surface area contributed by atoms with Gasteiger partial charge in [-0.15, -0.1) is 0 Å². The van der Waals surface area contributed by atoms with E-state index < -0.39 is 11.8 Å². The number of rotatable bonds is 0. The van der Waals surface area contributed by atoms with E-state index in [1.165, 1.54) is 0 Å². The lowest BCUT2D eigenvalue weighted by atomic mass is 10.1. The van der Waals surface area contributed by atoms with Gasteiger partial charge >= 0.3 is 11.8 Å². The third-order valence-electron chi connectivity index (χ3n) is 3.73. The van der Waals surface area contributed by atoms with Crippen LogP contribution in [0.1, 0.15) is 13.8 Å². The second kappa shape index (κ2) is 2.70. The zero-order valence-corrected chi connectivity index (χ0v) is 8.41. The monoisotopic (exact) mass is 197 g/mol. The molecule has 1 saturated heterocycles. The predicted octanol–water partition coefficient (Wildman–Crippen LogP) is -0.909. The summed E-state index contributed by atoms with van der Waals surface area (Å²) in [5.41, 5.74) is 2.22. The van der Waals surface area contributed by atoms with Crippen LogP contribution in [0.4, 0.5) is 0 Å². The van der Waals surface area contributed by atoms with Crippen LogP contribution in [0.2, 0.25) is 0 Å². The Morgan fingerprint density at radius 1 is 1.36 bits per heavy atom. The zero-order valence-electron chi connectivity index (χ0n) is 8.41. The number of amides is 2. The first kappa shape index (κ1) is 9.45. The second-order valence-corrected chi connectivity index (χ2v) is 4.72. The standard InChI is InChI=1S/C9H15N3O2/c1-9(2)5-3-12(4-6(5)9)8(14)7(13)11-10/h5-6H,3-4,10H2,1-2H3,(H,11,13). The summed E-state index contributed by atoms with van der Waals surface area (Å²) in [4.78, 5) is 23.9. The number of carbonyl (C=O) groups excluding carboxylic acids is 2. The highest BCUT2D eigenvalue weighted by atomic mass is 16.2. The van der Waals surface area contributed by atoms with Gasteiger partial charge < -0.3 is 4.90 Å². The number of hydrogen-bond acceptors (Lipinski definition) is 3. The van der Waals surface area contributed by atoms with Gasteiger partial charge in [-0.05, 0) is 17.3 Å². The first-order valence-corrected chi connectivity index (χ1v) is 4.78. The maximum Gasteiger partial charge on any atom is 0.323 e. The van der Waals surface area contributed by atoms with Crippen molar-refractivity contribution in [2.24, 2.45) is 23.1 Å². The van der Waals surface area contributed by atoms with Gasteiger partial charge in [0.15, 0.2) is 0 Å². The molecule has 2 atom stereocenters. The van der Waals surface area contributed by atoms with Crippen LogP contribution in [-0.2, 0) is 9.59 Å². The Morgan fingerprint density at radius 3 is 2.29 bits per heavy atom. The predicted molar refractivity (Wildman–Crippen MR) is 49.7 cm³/mol. The molecule has 5 heteroatoms. The number of piperidine rings is 1. The Labute approximate surface area is 82.6 Å². The van der Waals surface area contributed by atoms with Crippen LogP contribution < -0.4 is 11.3 Å². The fraction of sp³-hybridized carbons (Fsp3) is 0.778. The molecule has 1 aliphatic heterocycles. The highest BCUT2D eigenvalue weighted by Gasteiger charge is 2.62. The maximum absolute atomic E-state index is 11.4. The molecule has 0 aromatic carbocycles. The molecule has 0 aromatic rings. The van der Waals surface area contributed by atoms with E-state index in [0.717, 1.165) is 0 Å². The third-order valence-corrected chi connectivity index (χ3v) is 3.73. The summed E-state index contributed by atoms with van der Waals surface area (Å²) in [5, 5.41) is 0. The Morgan fingerprint density at radius 2 is 1.86 bits per heavy atom. The molecule has 2 rings (SSSR count). The van der Waals surface area contributed by atoms with Gasteiger partial charge in [0.05, 0.1) is 0 Å². The summed E-state index contributed by atoms with van der Waals surface area (Å²) < 4.78 is 0. The van der Waals surface area contributed by atoms with Crippen molar-refractivity contribution in [1.29, 1.82) is 0 Å². The number of nitrogens with one attached hydrogen (secondary N) is 1. The van der Waals surface area contributed by atoms with Crippen LogP contribution >= 0.6 is 0 Å². The molecular weight excluding hydrogens is 182 g/mol. The van der Waals surface area contributed by atoms with E-state index in [4.69, 9.17) is 5.84 Å². The first-order chi connectivity index (χ1) is 6.48. The molecule has 1 heterocycles. The summed E-state index contributed by atoms with van der Waals surface area (Å²) in [6.07, 6.45) is 0. The molecule has 3 N–H and O–H groups in total. The minimum Gasteiger partial charge on any atom is -0.334 e. The topological polar surface area (TPSA) is 75.4 Å². The molecule has 2 fully saturated rings. The van der Waals surface area contributed by atoms with Crippen molar-refractivity contribution in [2.45, 2.75) is 13.8 Å². The Bertz CT molecular complexity index is 286. The van der Waals surface area contributed by atoms with Crippen LogP contribution in [-0.4, -0.2) is 29.8 Å². The molecule has 2 aliphatic rings. The lowest BCUT2D eigenvalue weighted by Gasteiger charge is -2.20. The largest absolute Gasteiger partial charge is 0.334 e.